The third-order valence-corrected chi connectivity index (χ3v) is 8.59. The predicted molar refractivity (Wildman–Crippen MR) is 153 cm³/mol. The van der Waals surface area contributed by atoms with Crippen LogP contribution < -0.4 is 14.9 Å². The van der Waals surface area contributed by atoms with Crippen LogP contribution in [-0.4, -0.2) is 78.9 Å². The first-order valence-electron chi connectivity index (χ1n) is 13.3. The molecule has 232 valence electrons. The van der Waals surface area contributed by atoms with Gasteiger partial charge in [-0.3, -0.25) is 14.1 Å². The molecule has 6 atom stereocenters. The lowest BCUT2D eigenvalue weighted by Gasteiger charge is -2.31. The summed E-state index contributed by atoms with van der Waals surface area (Å²) in [4.78, 5) is 28.3. The fraction of sp³-hybridized carbons (Fsp3) is 0.286. The summed E-state index contributed by atoms with van der Waals surface area (Å²) in [6, 6.07) is 17.8. The first-order chi connectivity index (χ1) is 21.1. The molecule has 0 saturated carbocycles. The highest BCUT2D eigenvalue weighted by molar-refractivity contribution is 7.52. The van der Waals surface area contributed by atoms with E-state index in [0.29, 0.717) is 11.1 Å². The highest BCUT2D eigenvalue weighted by Crippen LogP contribution is 2.48. The van der Waals surface area contributed by atoms with E-state index in [4.69, 9.17) is 13.8 Å². The summed E-state index contributed by atoms with van der Waals surface area (Å²) in [7, 11) is -4.51. The van der Waals surface area contributed by atoms with Gasteiger partial charge >= 0.3 is 13.7 Å². The molecule has 0 aliphatic carbocycles. The Morgan fingerprint density at radius 2 is 1.80 bits per heavy atom. The van der Waals surface area contributed by atoms with Gasteiger partial charge in [0.25, 0.3) is 5.91 Å². The summed E-state index contributed by atoms with van der Waals surface area (Å²) in [6.45, 7) is -1.09. The molecule has 1 amide bonds. The number of carboxylic acids is 1. The number of aromatic nitrogens is 3. The van der Waals surface area contributed by atoms with Crippen molar-refractivity contribution in [2.75, 3.05) is 18.6 Å². The predicted octanol–water partition coefficient (Wildman–Crippen LogP) is 2.75. The minimum atomic E-state index is -4.51. The number of rotatable bonds is 12. The second kappa shape index (κ2) is 12.8. The number of carbonyl (C=O) groups excluding carboxylic acids is 1. The highest BCUT2D eigenvalue weighted by atomic mass is 31.2. The van der Waals surface area contributed by atoms with E-state index in [-0.39, 0.29) is 17.3 Å². The second-order valence-corrected chi connectivity index (χ2v) is 11.7. The van der Waals surface area contributed by atoms with Crippen molar-refractivity contribution in [3.8, 4) is 5.75 Å². The molecule has 2 aromatic carbocycles. The van der Waals surface area contributed by atoms with Crippen molar-refractivity contribution in [3.63, 3.8) is 0 Å². The number of nitrogens with one attached hydrogen (secondary N) is 2. The molecule has 3 heterocycles. The number of hydrogen-bond acceptors (Lipinski definition) is 10. The van der Waals surface area contributed by atoms with Gasteiger partial charge in [-0.05, 0) is 43.3 Å². The minimum Gasteiger partial charge on any atom is -0.480 e. The Morgan fingerprint density at radius 1 is 1.11 bits per heavy atom. The lowest BCUT2D eigenvalue weighted by atomic mass is 9.96. The van der Waals surface area contributed by atoms with Gasteiger partial charge in [-0.2, -0.15) is 10.2 Å². The number of benzene rings is 2. The molecule has 0 spiro atoms. The zero-order valence-corrected chi connectivity index (χ0v) is 24.1. The Bertz CT molecular complexity index is 1680. The molecule has 14 nitrogen and oxygen atoms in total. The fourth-order valence-electron chi connectivity index (χ4n) is 4.60. The molecular weight excluding hydrogens is 600 g/mol. The Balaban J connectivity index is 1.39. The lowest BCUT2D eigenvalue weighted by Crippen LogP contribution is -2.49. The Labute approximate surface area is 250 Å². The van der Waals surface area contributed by atoms with E-state index in [9.17, 15) is 33.9 Å². The van der Waals surface area contributed by atoms with Gasteiger partial charge in [0.1, 0.15) is 54.2 Å². The SMILES string of the molecule is C[C@H](NP(=O)(OC[C@@]1(CF)O[C@@H](c2ccc3c(NC(=O)c4ccccc4)ncnn23)[C@H](O)[C@@H]1O)Oc1ccccc1)C(=O)O. The van der Waals surface area contributed by atoms with Crippen LogP contribution in [0.5, 0.6) is 5.75 Å². The average molecular weight is 630 g/mol. The van der Waals surface area contributed by atoms with E-state index in [1.807, 2.05) is 0 Å². The van der Waals surface area contributed by atoms with Crippen LogP contribution in [0.4, 0.5) is 10.2 Å². The van der Waals surface area contributed by atoms with Gasteiger partial charge in [0.2, 0.25) is 0 Å². The van der Waals surface area contributed by atoms with E-state index in [1.165, 1.54) is 29.6 Å². The van der Waals surface area contributed by atoms with Crippen LogP contribution >= 0.6 is 7.75 Å². The molecule has 1 aliphatic rings. The van der Waals surface area contributed by atoms with Gasteiger partial charge < -0.3 is 29.9 Å². The van der Waals surface area contributed by atoms with Gasteiger partial charge in [-0.15, -0.1) is 0 Å². The van der Waals surface area contributed by atoms with Crippen LogP contribution in [0.15, 0.2) is 79.1 Å². The molecule has 5 N–H and O–H groups in total. The van der Waals surface area contributed by atoms with Gasteiger partial charge in [0, 0.05) is 5.56 Å². The highest BCUT2D eigenvalue weighted by Gasteiger charge is 2.57. The molecule has 4 aromatic rings. The first kappa shape index (κ1) is 31.2. The second-order valence-electron chi connectivity index (χ2n) is 10.0. The number of aliphatic hydroxyl groups is 2. The van der Waals surface area contributed by atoms with Crippen LogP contribution in [0, 0.1) is 0 Å². The number of ether oxygens (including phenoxy) is 1. The minimum absolute atomic E-state index is 0.0653. The molecule has 1 aliphatic heterocycles. The molecule has 1 fully saturated rings. The quantitative estimate of drug-likeness (QED) is 0.144. The number of hydrogen-bond donors (Lipinski definition) is 5. The number of carbonyl (C=O) groups is 2. The smallest absolute Gasteiger partial charge is 0.459 e. The number of anilines is 1. The Kier molecular flexibility index (Phi) is 9.06. The van der Waals surface area contributed by atoms with Crippen molar-refractivity contribution in [3.05, 3.63) is 90.4 Å². The van der Waals surface area contributed by atoms with Gasteiger partial charge in [0.15, 0.2) is 5.82 Å². The Morgan fingerprint density at radius 3 is 2.45 bits per heavy atom. The normalized spacial score (nSPS) is 23.6. The number of fused-ring (bicyclic) bond motifs is 1. The van der Waals surface area contributed by atoms with E-state index in [0.717, 1.165) is 6.33 Å². The van der Waals surface area contributed by atoms with Crippen LogP contribution in [0.1, 0.15) is 29.1 Å². The third kappa shape index (κ3) is 6.33. The zero-order chi connectivity index (χ0) is 31.5. The summed E-state index contributed by atoms with van der Waals surface area (Å²) in [5.74, 6) is -1.58. The van der Waals surface area contributed by atoms with Gasteiger partial charge in [-0.25, -0.2) is 18.5 Å². The number of aliphatic hydroxyl groups excluding tert-OH is 2. The number of para-hydroxylation sites is 1. The number of aliphatic carboxylic acids is 1. The van der Waals surface area contributed by atoms with Crippen LogP contribution in [0.2, 0.25) is 0 Å². The number of nitrogens with zero attached hydrogens (tertiary/aromatic N) is 3. The standard InChI is InChI=1S/C28H29FN5O9P/c1-17(27(38)39)33-44(40,43-19-10-6-3-7-11-19)41-15-28(14-29)24(36)22(35)23(42-28)20-12-13-21-25(30-16-31-34(20)21)32-26(37)18-8-4-2-5-9-18/h2-13,16-17,22-24,35-36H,14-15H2,1H3,(H,33,40)(H,38,39)(H,30,31,32,37)/t17-,22-,23-,24-,28+,44?/m0/s1. The molecule has 1 unspecified atom stereocenters. The Hall–Kier alpha value is -4.24. The molecular formula is C28H29FN5O9P. The molecule has 5 rings (SSSR count). The molecule has 0 radical (unpaired) electrons. The lowest BCUT2D eigenvalue weighted by molar-refractivity contribution is -0.138. The molecule has 44 heavy (non-hydrogen) atoms. The molecule has 2 aromatic heterocycles. The van der Waals surface area contributed by atoms with E-state index in [2.05, 4.69) is 20.5 Å². The third-order valence-electron chi connectivity index (χ3n) is 6.97. The van der Waals surface area contributed by atoms with Gasteiger partial charge in [0.05, 0.1) is 12.3 Å². The van der Waals surface area contributed by atoms with Crippen molar-refractivity contribution in [2.24, 2.45) is 0 Å². The maximum atomic E-state index is 14.7. The summed E-state index contributed by atoms with van der Waals surface area (Å²) in [5.41, 5.74) is -1.35. The monoisotopic (exact) mass is 629 g/mol. The van der Waals surface area contributed by atoms with Crippen molar-refractivity contribution >= 4 is 31.0 Å². The molecule has 0 bridgehead atoms. The maximum absolute atomic E-state index is 14.7. The molecule has 16 heteroatoms. The van der Waals surface area contributed by atoms with Crippen molar-refractivity contribution < 1.29 is 47.6 Å². The summed E-state index contributed by atoms with van der Waals surface area (Å²) < 4.78 is 46.4. The van der Waals surface area contributed by atoms with Crippen LogP contribution in [0.3, 0.4) is 0 Å². The van der Waals surface area contributed by atoms with Crippen molar-refractivity contribution in [1.29, 1.82) is 0 Å². The fourth-order valence-corrected chi connectivity index (χ4v) is 6.16. The maximum Gasteiger partial charge on any atom is 0.459 e. The summed E-state index contributed by atoms with van der Waals surface area (Å²) in [5, 5.41) is 40.4. The number of alkyl halides is 1. The average Bonchev–Trinajstić information content (AvgIpc) is 3.56. The zero-order valence-electron chi connectivity index (χ0n) is 23.2. The van der Waals surface area contributed by atoms with E-state index >= 15 is 0 Å². The number of halogens is 1. The number of amides is 1. The first-order valence-corrected chi connectivity index (χ1v) is 14.9. The van der Waals surface area contributed by atoms with Gasteiger partial charge in [-0.1, -0.05) is 36.4 Å². The van der Waals surface area contributed by atoms with Crippen LogP contribution in [-0.2, 0) is 18.6 Å². The van der Waals surface area contributed by atoms with E-state index < -0.39 is 62.9 Å². The topological polar surface area (TPSA) is 194 Å². The van der Waals surface area contributed by atoms with E-state index in [1.54, 1.807) is 54.6 Å². The van der Waals surface area contributed by atoms with Crippen LogP contribution in [0.25, 0.3) is 5.52 Å². The van der Waals surface area contributed by atoms with Crippen molar-refractivity contribution in [2.45, 2.75) is 36.9 Å². The summed E-state index contributed by atoms with van der Waals surface area (Å²) >= 11 is 0. The summed E-state index contributed by atoms with van der Waals surface area (Å²) in [6.07, 6.45) is -3.79. The number of carboxylic acid groups (broad SMARTS) is 1. The largest absolute Gasteiger partial charge is 0.480 e. The molecule has 1 saturated heterocycles. The van der Waals surface area contributed by atoms with Crippen molar-refractivity contribution in [1.82, 2.24) is 19.7 Å².